The standard InChI is InChI=1S/C21H23NO8S/c1-12-17(20(25)28-3)19(31-18(12)21(26)29-4)22-15(23)11-30-16(24)10-7-13-5-8-14(27-2)9-6-13/h5-6,8-9H,7,10-11H2,1-4H3,(H,22,23). The Hall–Kier alpha value is -3.40. The Morgan fingerprint density at radius 2 is 1.61 bits per heavy atom. The number of hydrogen-bond donors (Lipinski definition) is 1. The van der Waals surface area contributed by atoms with E-state index in [0.717, 1.165) is 16.9 Å². The van der Waals surface area contributed by atoms with Crippen molar-refractivity contribution in [3.63, 3.8) is 0 Å². The summed E-state index contributed by atoms with van der Waals surface area (Å²) in [5.41, 5.74) is 1.30. The predicted octanol–water partition coefficient (Wildman–Crippen LogP) is 2.75. The largest absolute Gasteiger partial charge is 0.497 e. The number of methoxy groups -OCH3 is 3. The molecular weight excluding hydrogens is 426 g/mol. The summed E-state index contributed by atoms with van der Waals surface area (Å²) in [6.07, 6.45) is 0.543. The first kappa shape index (κ1) is 23.9. The maximum Gasteiger partial charge on any atom is 0.348 e. The van der Waals surface area contributed by atoms with Gasteiger partial charge in [-0.2, -0.15) is 0 Å². The molecule has 31 heavy (non-hydrogen) atoms. The van der Waals surface area contributed by atoms with Crippen LogP contribution in [-0.4, -0.2) is 51.8 Å². The van der Waals surface area contributed by atoms with Crippen LogP contribution in [0.4, 0.5) is 5.00 Å². The minimum absolute atomic E-state index is 0.0482. The van der Waals surface area contributed by atoms with Crippen LogP contribution in [0.2, 0.25) is 0 Å². The molecule has 0 fully saturated rings. The molecule has 1 N–H and O–H groups in total. The molecule has 0 radical (unpaired) electrons. The molecule has 0 aliphatic heterocycles. The second-order valence-electron chi connectivity index (χ2n) is 6.30. The van der Waals surface area contributed by atoms with Crippen LogP contribution >= 0.6 is 11.3 Å². The second kappa shape index (κ2) is 11.1. The van der Waals surface area contributed by atoms with Crippen molar-refractivity contribution in [2.45, 2.75) is 19.8 Å². The van der Waals surface area contributed by atoms with E-state index in [0.29, 0.717) is 17.7 Å². The van der Waals surface area contributed by atoms with Gasteiger partial charge in [0, 0.05) is 6.42 Å². The first-order valence-electron chi connectivity index (χ1n) is 9.19. The minimum Gasteiger partial charge on any atom is -0.497 e. The smallest absolute Gasteiger partial charge is 0.348 e. The molecule has 1 aromatic carbocycles. The summed E-state index contributed by atoms with van der Waals surface area (Å²) in [7, 11) is 3.97. The van der Waals surface area contributed by atoms with Crippen LogP contribution in [0, 0.1) is 6.92 Å². The molecule has 0 saturated carbocycles. The highest BCUT2D eigenvalue weighted by Crippen LogP contribution is 2.34. The number of nitrogens with one attached hydrogen (secondary N) is 1. The number of ether oxygens (including phenoxy) is 4. The van der Waals surface area contributed by atoms with Gasteiger partial charge >= 0.3 is 17.9 Å². The third-order valence-corrected chi connectivity index (χ3v) is 5.49. The molecule has 9 nitrogen and oxygen atoms in total. The number of aryl methyl sites for hydroxylation is 1. The van der Waals surface area contributed by atoms with E-state index in [-0.39, 0.29) is 21.9 Å². The molecule has 166 valence electrons. The van der Waals surface area contributed by atoms with Crippen molar-refractivity contribution < 1.29 is 38.1 Å². The Balaban J connectivity index is 1.94. The van der Waals surface area contributed by atoms with E-state index < -0.39 is 30.4 Å². The lowest BCUT2D eigenvalue weighted by molar-refractivity contribution is -0.147. The molecule has 0 atom stereocenters. The van der Waals surface area contributed by atoms with Gasteiger partial charge in [0.25, 0.3) is 5.91 Å². The second-order valence-corrected chi connectivity index (χ2v) is 7.32. The SMILES string of the molecule is COC(=O)c1sc(NC(=O)COC(=O)CCc2ccc(OC)cc2)c(C(=O)OC)c1C. The third kappa shape index (κ3) is 6.29. The normalized spacial score (nSPS) is 10.2. The van der Waals surface area contributed by atoms with Gasteiger partial charge < -0.3 is 24.3 Å². The lowest BCUT2D eigenvalue weighted by Gasteiger charge is -2.07. The van der Waals surface area contributed by atoms with E-state index in [2.05, 4.69) is 10.1 Å². The molecule has 0 aliphatic carbocycles. The lowest BCUT2D eigenvalue weighted by Crippen LogP contribution is -2.21. The highest BCUT2D eigenvalue weighted by molar-refractivity contribution is 7.18. The first-order valence-corrected chi connectivity index (χ1v) is 10.0. The fraction of sp³-hybridized carbons (Fsp3) is 0.333. The van der Waals surface area contributed by atoms with E-state index in [9.17, 15) is 19.2 Å². The molecule has 0 unspecified atom stereocenters. The van der Waals surface area contributed by atoms with Crippen molar-refractivity contribution in [2.75, 3.05) is 33.3 Å². The maximum absolute atomic E-state index is 12.2. The number of benzene rings is 1. The van der Waals surface area contributed by atoms with Crippen molar-refractivity contribution in [1.82, 2.24) is 0 Å². The summed E-state index contributed by atoms with van der Waals surface area (Å²) in [5.74, 6) is -1.83. The number of anilines is 1. The minimum atomic E-state index is -0.712. The molecule has 1 aromatic heterocycles. The van der Waals surface area contributed by atoms with E-state index in [4.69, 9.17) is 14.2 Å². The van der Waals surface area contributed by atoms with Crippen LogP contribution in [0.15, 0.2) is 24.3 Å². The molecule has 0 bridgehead atoms. The van der Waals surface area contributed by atoms with Crippen LogP contribution in [0.3, 0.4) is 0 Å². The number of esters is 3. The highest BCUT2D eigenvalue weighted by atomic mass is 32.1. The number of thiophene rings is 1. The molecule has 2 rings (SSSR count). The van der Waals surface area contributed by atoms with Crippen LogP contribution in [0.25, 0.3) is 0 Å². The van der Waals surface area contributed by atoms with Gasteiger partial charge in [-0.05, 0) is 36.6 Å². The molecule has 0 spiro atoms. The number of rotatable bonds is 9. The number of amides is 1. The Labute approximate surface area is 183 Å². The maximum atomic E-state index is 12.2. The van der Waals surface area contributed by atoms with Gasteiger partial charge in [-0.15, -0.1) is 11.3 Å². The molecule has 1 heterocycles. The number of hydrogen-bond acceptors (Lipinski definition) is 9. The summed E-state index contributed by atoms with van der Waals surface area (Å²) >= 11 is 0.878. The monoisotopic (exact) mass is 449 g/mol. The first-order chi connectivity index (χ1) is 14.8. The van der Waals surface area contributed by atoms with E-state index >= 15 is 0 Å². The Morgan fingerprint density at radius 3 is 2.19 bits per heavy atom. The fourth-order valence-electron chi connectivity index (χ4n) is 2.66. The topological polar surface area (TPSA) is 117 Å². The van der Waals surface area contributed by atoms with Crippen molar-refractivity contribution >= 4 is 40.2 Å². The quantitative estimate of drug-likeness (QED) is 0.459. The third-order valence-electron chi connectivity index (χ3n) is 4.30. The highest BCUT2D eigenvalue weighted by Gasteiger charge is 2.26. The van der Waals surface area contributed by atoms with Crippen molar-refractivity contribution in [2.24, 2.45) is 0 Å². The molecule has 10 heteroatoms. The zero-order valence-corrected chi connectivity index (χ0v) is 18.4. The number of carbonyl (C=O) groups is 4. The van der Waals surface area contributed by atoms with Crippen molar-refractivity contribution in [3.05, 3.63) is 45.8 Å². The molecular formula is C21H23NO8S. The number of carbonyl (C=O) groups excluding carboxylic acids is 4. The molecule has 0 aliphatic rings. The van der Waals surface area contributed by atoms with Gasteiger partial charge in [-0.3, -0.25) is 9.59 Å². The van der Waals surface area contributed by atoms with Crippen LogP contribution in [-0.2, 0) is 30.2 Å². The summed E-state index contributed by atoms with van der Waals surface area (Å²) in [4.78, 5) is 48.3. The fourth-order valence-corrected chi connectivity index (χ4v) is 3.79. The summed E-state index contributed by atoms with van der Waals surface area (Å²) < 4.78 is 19.5. The van der Waals surface area contributed by atoms with Crippen LogP contribution in [0.5, 0.6) is 5.75 Å². The van der Waals surface area contributed by atoms with Gasteiger partial charge in [0.15, 0.2) is 6.61 Å². The average molecular weight is 449 g/mol. The predicted molar refractivity (Wildman–Crippen MR) is 113 cm³/mol. The molecule has 0 saturated heterocycles. The van der Waals surface area contributed by atoms with E-state index in [1.807, 2.05) is 12.1 Å². The zero-order valence-electron chi connectivity index (χ0n) is 17.6. The average Bonchev–Trinajstić information content (AvgIpc) is 3.10. The summed E-state index contributed by atoms with van der Waals surface area (Å²) in [6.45, 7) is 1.01. The summed E-state index contributed by atoms with van der Waals surface area (Å²) in [6, 6.07) is 7.26. The molecule has 2 aromatic rings. The zero-order chi connectivity index (χ0) is 23.0. The Bertz CT molecular complexity index is 965. The van der Waals surface area contributed by atoms with Crippen molar-refractivity contribution in [1.29, 1.82) is 0 Å². The van der Waals surface area contributed by atoms with E-state index in [1.54, 1.807) is 26.2 Å². The lowest BCUT2D eigenvalue weighted by atomic mass is 10.1. The van der Waals surface area contributed by atoms with Crippen molar-refractivity contribution in [3.8, 4) is 5.75 Å². The van der Waals surface area contributed by atoms with Gasteiger partial charge in [-0.25, -0.2) is 9.59 Å². The van der Waals surface area contributed by atoms with Gasteiger partial charge in [0.05, 0.1) is 26.9 Å². The molecule has 1 amide bonds. The van der Waals surface area contributed by atoms with Crippen LogP contribution < -0.4 is 10.1 Å². The van der Waals surface area contributed by atoms with Crippen LogP contribution in [0.1, 0.15) is 37.6 Å². The van der Waals surface area contributed by atoms with Gasteiger partial charge in [0.2, 0.25) is 0 Å². The van der Waals surface area contributed by atoms with Gasteiger partial charge in [-0.1, -0.05) is 12.1 Å². The Kier molecular flexibility index (Phi) is 8.56. The Morgan fingerprint density at radius 1 is 0.968 bits per heavy atom. The van der Waals surface area contributed by atoms with Gasteiger partial charge in [0.1, 0.15) is 15.6 Å². The summed E-state index contributed by atoms with van der Waals surface area (Å²) in [5, 5.41) is 2.60. The van der Waals surface area contributed by atoms with E-state index in [1.165, 1.54) is 14.2 Å².